The fraction of sp³-hybridized carbons (Fsp3) is 0.333. The summed E-state index contributed by atoms with van der Waals surface area (Å²) in [6.07, 6.45) is 0.768. The molecule has 0 spiro atoms. The van der Waals surface area contributed by atoms with Gasteiger partial charge in [-0.05, 0) is 24.6 Å². The Morgan fingerprint density at radius 1 is 1.53 bits per heavy atom. The Bertz CT molecular complexity index is 484. The molecule has 1 aromatic rings. The predicted molar refractivity (Wildman–Crippen MR) is 72.4 cm³/mol. The number of carbonyl (C=O) groups is 2. The third kappa shape index (κ3) is 4.44. The number of urea groups is 1. The van der Waals surface area contributed by atoms with Crippen LogP contribution >= 0.6 is 11.8 Å². The molecule has 1 aliphatic rings. The highest BCUT2D eigenvalue weighted by Crippen LogP contribution is 2.15. The first-order valence-electron chi connectivity index (χ1n) is 5.85. The van der Waals surface area contributed by atoms with Gasteiger partial charge >= 0.3 is 6.03 Å². The number of nitrogens with one attached hydrogen (secondary N) is 3. The average Bonchev–Trinajstić information content (AvgIpc) is 2.36. The number of anilines is 1. The molecule has 7 heteroatoms. The van der Waals surface area contributed by atoms with E-state index in [0.717, 1.165) is 6.42 Å². The third-order valence-corrected chi connectivity index (χ3v) is 3.69. The van der Waals surface area contributed by atoms with E-state index in [0.29, 0.717) is 12.2 Å². The van der Waals surface area contributed by atoms with Crippen LogP contribution in [0.4, 0.5) is 14.9 Å². The summed E-state index contributed by atoms with van der Waals surface area (Å²) in [7, 11) is 0. The molecule has 1 unspecified atom stereocenters. The van der Waals surface area contributed by atoms with Crippen molar-refractivity contribution in [3.8, 4) is 0 Å². The second-order valence-electron chi connectivity index (χ2n) is 4.05. The molecule has 1 aromatic carbocycles. The van der Waals surface area contributed by atoms with Crippen LogP contribution in [0.2, 0.25) is 0 Å². The predicted octanol–water partition coefficient (Wildman–Crippen LogP) is 1.53. The molecule has 5 nitrogen and oxygen atoms in total. The van der Waals surface area contributed by atoms with Gasteiger partial charge in [-0.2, -0.15) is 0 Å². The molecule has 1 atom stereocenters. The van der Waals surface area contributed by atoms with Crippen LogP contribution in [0.25, 0.3) is 0 Å². The summed E-state index contributed by atoms with van der Waals surface area (Å²) in [6, 6.07) is 5.52. The lowest BCUT2D eigenvalue weighted by Gasteiger charge is -2.23. The van der Waals surface area contributed by atoms with Crippen LogP contribution < -0.4 is 16.0 Å². The number of thioether (sulfide) groups is 1. The summed E-state index contributed by atoms with van der Waals surface area (Å²) in [5.74, 6) is -0.402. The third-order valence-electron chi connectivity index (χ3n) is 2.51. The van der Waals surface area contributed by atoms with Crippen molar-refractivity contribution in [2.24, 2.45) is 0 Å². The van der Waals surface area contributed by atoms with Crippen molar-refractivity contribution in [3.63, 3.8) is 0 Å². The summed E-state index contributed by atoms with van der Waals surface area (Å²) in [6.45, 7) is 0.606. The lowest BCUT2D eigenvalue weighted by Crippen LogP contribution is -2.48. The second kappa shape index (κ2) is 6.42. The maximum absolute atomic E-state index is 12.9. The van der Waals surface area contributed by atoms with E-state index < -0.39 is 5.82 Å². The molecule has 1 heterocycles. The van der Waals surface area contributed by atoms with Gasteiger partial charge in [0.1, 0.15) is 5.82 Å². The lowest BCUT2D eigenvalue weighted by atomic mass is 10.3. The maximum Gasteiger partial charge on any atom is 0.315 e. The number of amides is 3. The summed E-state index contributed by atoms with van der Waals surface area (Å²) >= 11 is 1.35. The first-order valence-corrected chi connectivity index (χ1v) is 6.90. The first kappa shape index (κ1) is 13.7. The Morgan fingerprint density at radius 3 is 3.11 bits per heavy atom. The van der Waals surface area contributed by atoms with E-state index in [1.807, 2.05) is 0 Å². The molecule has 3 amide bonds. The maximum atomic E-state index is 12.9. The van der Waals surface area contributed by atoms with Crippen LogP contribution in [0.1, 0.15) is 6.42 Å². The Morgan fingerprint density at radius 2 is 2.37 bits per heavy atom. The Labute approximate surface area is 114 Å². The SMILES string of the molecule is O=C(CSC1CCNC(=O)N1)Nc1cccc(F)c1. The fourth-order valence-corrected chi connectivity index (χ4v) is 2.55. The summed E-state index contributed by atoms with van der Waals surface area (Å²) < 4.78 is 12.9. The fourth-order valence-electron chi connectivity index (χ4n) is 1.65. The van der Waals surface area contributed by atoms with Gasteiger partial charge < -0.3 is 16.0 Å². The minimum Gasteiger partial charge on any atom is -0.338 e. The van der Waals surface area contributed by atoms with E-state index in [2.05, 4.69) is 16.0 Å². The molecular formula is C12H14FN3O2S. The van der Waals surface area contributed by atoms with E-state index in [1.54, 1.807) is 6.07 Å². The number of carbonyl (C=O) groups excluding carboxylic acids is 2. The van der Waals surface area contributed by atoms with Gasteiger partial charge in [0.25, 0.3) is 0 Å². The molecule has 0 radical (unpaired) electrons. The minimum atomic E-state index is -0.393. The monoisotopic (exact) mass is 283 g/mol. The number of benzene rings is 1. The molecule has 0 bridgehead atoms. The van der Waals surface area contributed by atoms with Gasteiger partial charge in [0.15, 0.2) is 0 Å². The summed E-state index contributed by atoms with van der Waals surface area (Å²) in [5.41, 5.74) is 0.431. The highest BCUT2D eigenvalue weighted by Gasteiger charge is 2.18. The van der Waals surface area contributed by atoms with Crippen molar-refractivity contribution in [2.45, 2.75) is 11.8 Å². The quantitative estimate of drug-likeness (QED) is 0.785. The summed E-state index contributed by atoms with van der Waals surface area (Å²) in [4.78, 5) is 22.7. The number of hydrogen-bond donors (Lipinski definition) is 3. The van der Waals surface area contributed by atoms with Crippen LogP contribution in [-0.2, 0) is 4.79 Å². The number of rotatable bonds is 4. The molecule has 0 saturated carbocycles. The van der Waals surface area contributed by atoms with Gasteiger partial charge in [0.05, 0.1) is 11.1 Å². The van der Waals surface area contributed by atoms with E-state index in [4.69, 9.17) is 0 Å². The molecule has 3 N–H and O–H groups in total. The van der Waals surface area contributed by atoms with Gasteiger partial charge in [0, 0.05) is 12.2 Å². The molecule has 1 aliphatic heterocycles. The topological polar surface area (TPSA) is 70.2 Å². The normalized spacial score (nSPS) is 18.4. The van der Waals surface area contributed by atoms with E-state index in [1.165, 1.54) is 30.0 Å². The smallest absolute Gasteiger partial charge is 0.315 e. The van der Waals surface area contributed by atoms with Gasteiger partial charge in [-0.3, -0.25) is 4.79 Å². The highest BCUT2D eigenvalue weighted by atomic mass is 32.2. The molecular weight excluding hydrogens is 269 g/mol. The van der Waals surface area contributed by atoms with Gasteiger partial charge in [-0.1, -0.05) is 6.07 Å². The number of halogens is 1. The molecule has 1 fully saturated rings. The van der Waals surface area contributed by atoms with Crippen LogP contribution in [0, 0.1) is 5.82 Å². The van der Waals surface area contributed by atoms with E-state index in [9.17, 15) is 14.0 Å². The molecule has 0 aromatic heterocycles. The van der Waals surface area contributed by atoms with Gasteiger partial charge in [0.2, 0.25) is 5.91 Å². The minimum absolute atomic E-state index is 0.0630. The first-order chi connectivity index (χ1) is 9.13. The molecule has 1 saturated heterocycles. The van der Waals surface area contributed by atoms with E-state index >= 15 is 0 Å². The van der Waals surface area contributed by atoms with Crippen molar-refractivity contribution in [1.29, 1.82) is 0 Å². The summed E-state index contributed by atoms with van der Waals surface area (Å²) in [5, 5.41) is 7.90. The Hall–Kier alpha value is -1.76. The van der Waals surface area contributed by atoms with Crippen molar-refractivity contribution >= 4 is 29.4 Å². The lowest BCUT2D eigenvalue weighted by molar-refractivity contribution is -0.113. The zero-order chi connectivity index (χ0) is 13.7. The Kier molecular flexibility index (Phi) is 4.62. The van der Waals surface area contributed by atoms with Crippen molar-refractivity contribution in [2.75, 3.05) is 17.6 Å². The molecule has 2 rings (SSSR count). The zero-order valence-electron chi connectivity index (χ0n) is 10.1. The molecule has 0 aliphatic carbocycles. The van der Waals surface area contributed by atoms with Crippen LogP contribution in [-0.4, -0.2) is 29.6 Å². The average molecular weight is 283 g/mol. The van der Waals surface area contributed by atoms with Crippen molar-refractivity contribution < 1.29 is 14.0 Å². The standard InChI is InChI=1S/C12H14FN3O2S/c13-8-2-1-3-9(6-8)15-10(17)7-19-11-4-5-14-12(18)16-11/h1-3,6,11H,4-5,7H2,(H,15,17)(H2,14,16,18). The Balaban J connectivity index is 1.77. The van der Waals surface area contributed by atoms with Crippen molar-refractivity contribution in [1.82, 2.24) is 10.6 Å². The van der Waals surface area contributed by atoms with Crippen LogP contribution in [0.5, 0.6) is 0 Å². The van der Waals surface area contributed by atoms with Crippen LogP contribution in [0.3, 0.4) is 0 Å². The largest absolute Gasteiger partial charge is 0.338 e. The molecule has 102 valence electrons. The second-order valence-corrected chi connectivity index (χ2v) is 5.24. The zero-order valence-corrected chi connectivity index (χ0v) is 10.9. The number of hydrogen-bond acceptors (Lipinski definition) is 3. The van der Waals surface area contributed by atoms with Gasteiger partial charge in [-0.15, -0.1) is 11.8 Å². The van der Waals surface area contributed by atoms with E-state index in [-0.39, 0.29) is 23.1 Å². The van der Waals surface area contributed by atoms with Gasteiger partial charge in [-0.25, -0.2) is 9.18 Å². The highest BCUT2D eigenvalue weighted by molar-refractivity contribution is 8.00. The van der Waals surface area contributed by atoms with Crippen molar-refractivity contribution in [3.05, 3.63) is 30.1 Å². The molecule has 19 heavy (non-hydrogen) atoms. The van der Waals surface area contributed by atoms with Crippen LogP contribution in [0.15, 0.2) is 24.3 Å².